The highest BCUT2D eigenvalue weighted by Gasteiger charge is 2.33. The van der Waals surface area contributed by atoms with Gasteiger partial charge in [-0.25, -0.2) is 9.59 Å². The molecule has 2 saturated heterocycles. The highest BCUT2D eigenvalue weighted by molar-refractivity contribution is 7.88. The number of piperazine rings is 1. The maximum atomic E-state index is 12.4. The standard InChI is InChI=1S/C13H19Cl2N5O5S/c1-13(2,3)25-12(22)19-4-6-20(7-5-19)26(23,24)18-10-8(9(14)15)16-11(21)17-10/h4-7H2,1-3H3,(H2,16,17,18,21). The number of carbonyl (C=O) groups is 2. The van der Waals surface area contributed by atoms with Crippen LogP contribution in [0.15, 0.2) is 14.6 Å². The van der Waals surface area contributed by atoms with Gasteiger partial charge in [-0.1, -0.05) is 23.2 Å². The van der Waals surface area contributed by atoms with Crippen LogP contribution in [0.25, 0.3) is 0 Å². The van der Waals surface area contributed by atoms with E-state index in [1.54, 1.807) is 20.8 Å². The fraction of sp³-hybridized carbons (Fsp3) is 0.615. The van der Waals surface area contributed by atoms with Crippen LogP contribution in [0.1, 0.15) is 20.8 Å². The first-order valence-corrected chi connectivity index (χ1v) is 9.76. The molecule has 2 aliphatic rings. The molecule has 26 heavy (non-hydrogen) atoms. The van der Waals surface area contributed by atoms with E-state index in [0.717, 1.165) is 4.31 Å². The quantitative estimate of drug-likeness (QED) is 0.684. The average molecular weight is 428 g/mol. The Hall–Kier alpha value is -1.56. The van der Waals surface area contributed by atoms with E-state index in [1.807, 2.05) is 0 Å². The Morgan fingerprint density at radius 1 is 1.15 bits per heavy atom. The Morgan fingerprint density at radius 3 is 2.23 bits per heavy atom. The second kappa shape index (κ2) is 7.59. The molecule has 0 atom stereocenters. The lowest BCUT2D eigenvalue weighted by Crippen LogP contribution is -2.51. The maximum absolute atomic E-state index is 12.4. The van der Waals surface area contributed by atoms with Crippen molar-refractivity contribution in [1.29, 1.82) is 0 Å². The molecule has 13 heteroatoms. The van der Waals surface area contributed by atoms with E-state index in [0.29, 0.717) is 0 Å². The van der Waals surface area contributed by atoms with Crippen molar-refractivity contribution in [1.82, 2.24) is 19.8 Å². The van der Waals surface area contributed by atoms with Crippen LogP contribution in [0.5, 0.6) is 0 Å². The second-order valence-electron chi connectivity index (χ2n) is 6.50. The van der Waals surface area contributed by atoms with Gasteiger partial charge >= 0.3 is 22.3 Å². The first-order chi connectivity index (χ1) is 11.9. The van der Waals surface area contributed by atoms with Crippen molar-refractivity contribution >= 4 is 51.4 Å². The summed E-state index contributed by atoms with van der Waals surface area (Å²) in [5.41, 5.74) is -0.752. The number of nitrogens with one attached hydrogen (secondary N) is 2. The van der Waals surface area contributed by atoms with Gasteiger partial charge in [-0.3, -0.25) is 5.32 Å². The normalized spacial score (nSPS) is 20.8. The van der Waals surface area contributed by atoms with Gasteiger partial charge in [0.05, 0.1) is 0 Å². The highest BCUT2D eigenvalue weighted by atomic mass is 35.5. The van der Waals surface area contributed by atoms with Crippen LogP contribution in [-0.2, 0) is 14.9 Å². The number of ether oxygens (including phenoxy) is 1. The molecule has 0 aliphatic carbocycles. The van der Waals surface area contributed by atoms with Gasteiger partial charge in [0.2, 0.25) is 0 Å². The summed E-state index contributed by atoms with van der Waals surface area (Å²) in [6.45, 7) is 5.63. The minimum Gasteiger partial charge on any atom is -0.444 e. The lowest BCUT2D eigenvalue weighted by Gasteiger charge is -2.34. The van der Waals surface area contributed by atoms with Crippen molar-refractivity contribution in [3.05, 3.63) is 10.2 Å². The number of urea groups is 1. The summed E-state index contributed by atoms with van der Waals surface area (Å²) in [5.74, 6) is -0.287. The molecule has 0 radical (unpaired) electrons. The van der Waals surface area contributed by atoms with Crippen LogP contribution in [-0.4, -0.2) is 67.4 Å². The smallest absolute Gasteiger partial charge is 0.410 e. The van der Waals surface area contributed by atoms with E-state index in [1.165, 1.54) is 4.90 Å². The number of nitrogens with zero attached hydrogens (tertiary/aromatic N) is 3. The summed E-state index contributed by atoms with van der Waals surface area (Å²) in [4.78, 5) is 24.8. The van der Waals surface area contributed by atoms with E-state index in [2.05, 4.69) is 15.0 Å². The summed E-state index contributed by atoms with van der Waals surface area (Å²) in [5, 5.41) is 4.47. The SMILES string of the molecule is CC(C)(C)OC(=O)N1CCN(S(=O)(=O)/N=C2\NC(=O)NC2=C(Cl)Cl)CC1. The predicted molar refractivity (Wildman–Crippen MR) is 96.1 cm³/mol. The summed E-state index contributed by atoms with van der Waals surface area (Å²) in [7, 11) is -4.10. The lowest BCUT2D eigenvalue weighted by molar-refractivity contribution is 0.0192. The van der Waals surface area contributed by atoms with E-state index < -0.39 is 27.9 Å². The Labute approximate surface area is 161 Å². The zero-order chi connectivity index (χ0) is 19.7. The fourth-order valence-electron chi connectivity index (χ4n) is 2.18. The summed E-state index contributed by atoms with van der Waals surface area (Å²) >= 11 is 11.2. The molecule has 2 N–H and O–H groups in total. The number of amides is 3. The third-order valence-electron chi connectivity index (χ3n) is 3.32. The number of halogens is 2. The highest BCUT2D eigenvalue weighted by Crippen LogP contribution is 2.18. The van der Waals surface area contributed by atoms with E-state index in [9.17, 15) is 18.0 Å². The van der Waals surface area contributed by atoms with Crippen LogP contribution in [0.3, 0.4) is 0 Å². The predicted octanol–water partition coefficient (Wildman–Crippen LogP) is 1.14. The van der Waals surface area contributed by atoms with Crippen LogP contribution < -0.4 is 10.6 Å². The Balaban J connectivity index is 2.06. The van der Waals surface area contributed by atoms with Crippen molar-refractivity contribution in [2.24, 2.45) is 4.40 Å². The van der Waals surface area contributed by atoms with Gasteiger partial charge in [0.25, 0.3) is 0 Å². The van der Waals surface area contributed by atoms with Gasteiger partial charge in [0.15, 0.2) is 5.84 Å². The van der Waals surface area contributed by atoms with Crippen molar-refractivity contribution in [3.63, 3.8) is 0 Å². The monoisotopic (exact) mass is 427 g/mol. The molecule has 0 aromatic carbocycles. The molecular formula is C13H19Cl2N5O5S. The topological polar surface area (TPSA) is 120 Å². The lowest BCUT2D eigenvalue weighted by atomic mass is 10.2. The molecule has 2 fully saturated rings. The number of carbonyl (C=O) groups excluding carboxylic acids is 2. The molecule has 0 unspecified atom stereocenters. The van der Waals surface area contributed by atoms with Crippen molar-refractivity contribution in [3.8, 4) is 0 Å². The van der Waals surface area contributed by atoms with Crippen molar-refractivity contribution < 1.29 is 22.7 Å². The van der Waals surface area contributed by atoms with Gasteiger partial charge in [-0.15, -0.1) is 4.40 Å². The first-order valence-electron chi connectivity index (χ1n) is 7.61. The molecule has 146 valence electrons. The number of hydrogen-bond donors (Lipinski definition) is 2. The van der Waals surface area contributed by atoms with Gasteiger partial charge < -0.3 is 15.0 Å². The van der Waals surface area contributed by atoms with Crippen molar-refractivity contribution in [2.75, 3.05) is 26.2 Å². The zero-order valence-electron chi connectivity index (χ0n) is 14.4. The molecule has 3 amide bonds. The molecule has 0 bridgehead atoms. The van der Waals surface area contributed by atoms with Gasteiger partial charge in [0, 0.05) is 26.2 Å². The molecule has 0 saturated carbocycles. The summed E-state index contributed by atoms with van der Waals surface area (Å²) < 4.78 is 34.5. The average Bonchev–Trinajstić information content (AvgIpc) is 2.85. The van der Waals surface area contributed by atoms with E-state index >= 15 is 0 Å². The zero-order valence-corrected chi connectivity index (χ0v) is 16.7. The molecule has 0 aromatic heterocycles. The Bertz CT molecular complexity index is 762. The van der Waals surface area contributed by atoms with Crippen LogP contribution in [0.4, 0.5) is 9.59 Å². The second-order valence-corrected chi connectivity index (χ2v) is 9.04. The number of amidine groups is 1. The molecule has 2 rings (SSSR count). The van der Waals surface area contributed by atoms with E-state index in [-0.39, 0.29) is 42.2 Å². The number of rotatable bonds is 2. The third-order valence-corrected chi connectivity index (χ3v) is 5.13. The fourth-order valence-corrected chi connectivity index (χ4v) is 3.56. The van der Waals surface area contributed by atoms with Crippen LogP contribution >= 0.6 is 23.2 Å². The summed E-state index contributed by atoms with van der Waals surface area (Å²) in [6, 6.07) is -0.692. The van der Waals surface area contributed by atoms with Crippen molar-refractivity contribution in [2.45, 2.75) is 26.4 Å². The molecule has 10 nitrogen and oxygen atoms in total. The van der Waals surface area contributed by atoms with Crippen LogP contribution in [0.2, 0.25) is 0 Å². The minimum atomic E-state index is -4.10. The molecule has 2 heterocycles. The van der Waals surface area contributed by atoms with Crippen LogP contribution in [0, 0.1) is 0 Å². The van der Waals surface area contributed by atoms with E-state index in [4.69, 9.17) is 27.9 Å². The molecule has 0 aromatic rings. The molecule has 2 aliphatic heterocycles. The van der Waals surface area contributed by atoms with Gasteiger partial charge in [0.1, 0.15) is 15.8 Å². The minimum absolute atomic E-state index is 0.0351. The van der Waals surface area contributed by atoms with Gasteiger partial charge in [-0.2, -0.15) is 12.7 Å². The number of hydrogen-bond acceptors (Lipinski definition) is 5. The third kappa shape index (κ3) is 5.22. The first kappa shape index (κ1) is 20.7. The van der Waals surface area contributed by atoms with Gasteiger partial charge in [-0.05, 0) is 20.8 Å². The summed E-state index contributed by atoms with van der Waals surface area (Å²) in [6.07, 6.45) is -0.507. The largest absolute Gasteiger partial charge is 0.444 e. The Kier molecular flexibility index (Phi) is 6.06. The molecule has 0 spiro atoms. The Morgan fingerprint density at radius 2 is 1.73 bits per heavy atom. The maximum Gasteiger partial charge on any atom is 0.410 e. The molecular weight excluding hydrogens is 409 g/mol.